The van der Waals surface area contributed by atoms with E-state index >= 15 is 0 Å². The molecule has 0 aliphatic carbocycles. The van der Waals surface area contributed by atoms with Crippen LogP contribution in [0.4, 0.5) is 0 Å². The lowest BCUT2D eigenvalue weighted by atomic mass is 10.1. The van der Waals surface area contributed by atoms with E-state index in [1.165, 1.54) is 7.11 Å². The highest BCUT2D eigenvalue weighted by Gasteiger charge is 2.09. The first-order chi connectivity index (χ1) is 14.7. The predicted octanol–water partition coefficient (Wildman–Crippen LogP) is 5.14. The van der Waals surface area contributed by atoms with Gasteiger partial charge in [0.25, 0.3) is 0 Å². The molecule has 5 nitrogen and oxygen atoms in total. The summed E-state index contributed by atoms with van der Waals surface area (Å²) in [6, 6.07) is 27.5. The largest absolute Gasteiger partial charge is 0.489 e. The second kappa shape index (κ2) is 11.4. The number of hydrogen-bond acceptors (Lipinski definition) is 5. The van der Waals surface area contributed by atoms with Crippen molar-refractivity contribution in [3.05, 3.63) is 102 Å². The first-order valence-electron chi connectivity index (χ1n) is 9.81. The molecule has 0 amide bonds. The zero-order valence-electron chi connectivity index (χ0n) is 17.0. The second-order valence-corrected chi connectivity index (χ2v) is 6.67. The van der Waals surface area contributed by atoms with Crippen LogP contribution in [0.1, 0.15) is 29.5 Å². The minimum Gasteiger partial charge on any atom is -0.489 e. The van der Waals surface area contributed by atoms with Crippen LogP contribution in [0.5, 0.6) is 5.75 Å². The Labute approximate surface area is 176 Å². The van der Waals surface area contributed by atoms with Crippen LogP contribution in [0.3, 0.4) is 0 Å². The number of methoxy groups -OCH3 is 1. The van der Waals surface area contributed by atoms with Crippen LogP contribution in [0.2, 0.25) is 0 Å². The third-order valence-corrected chi connectivity index (χ3v) is 4.48. The maximum atomic E-state index is 11.5. The minimum atomic E-state index is -0.273. The zero-order chi connectivity index (χ0) is 21.0. The Kier molecular flexibility index (Phi) is 8.03. The van der Waals surface area contributed by atoms with Crippen LogP contribution >= 0.6 is 0 Å². The fraction of sp³-hybridized carbons (Fsp3) is 0.200. The quantitative estimate of drug-likeness (QED) is 0.267. The predicted molar refractivity (Wildman–Crippen MR) is 116 cm³/mol. The molecule has 0 radical (unpaired) electrons. The molecule has 0 saturated carbocycles. The summed E-state index contributed by atoms with van der Waals surface area (Å²) in [4.78, 5) is 17.1. The molecule has 0 N–H and O–H groups in total. The molecule has 3 aromatic carbocycles. The number of nitrogens with zero attached hydrogens (tertiary/aromatic N) is 1. The Morgan fingerprint density at radius 1 is 0.767 bits per heavy atom. The smallest absolute Gasteiger partial charge is 0.305 e. The number of benzene rings is 3. The molecule has 0 aliphatic heterocycles. The first-order valence-corrected chi connectivity index (χ1v) is 9.81. The van der Waals surface area contributed by atoms with Crippen molar-refractivity contribution in [2.75, 3.05) is 7.11 Å². The number of esters is 1. The van der Waals surface area contributed by atoms with Crippen molar-refractivity contribution in [1.29, 1.82) is 0 Å². The lowest BCUT2D eigenvalue weighted by Crippen LogP contribution is -2.08. The molecular formula is C25H25NO4. The molecule has 3 aromatic rings. The molecule has 154 valence electrons. The minimum absolute atomic E-state index is 0.251. The van der Waals surface area contributed by atoms with Crippen LogP contribution < -0.4 is 4.74 Å². The van der Waals surface area contributed by atoms with Gasteiger partial charge >= 0.3 is 5.97 Å². The van der Waals surface area contributed by atoms with Gasteiger partial charge in [-0.15, -0.1) is 0 Å². The van der Waals surface area contributed by atoms with Gasteiger partial charge in [0.05, 0.1) is 19.2 Å². The van der Waals surface area contributed by atoms with Gasteiger partial charge in [-0.25, -0.2) is 0 Å². The number of oxime groups is 1. The Bertz CT molecular complexity index is 938. The number of carbonyl (C=O) groups is 1. The maximum Gasteiger partial charge on any atom is 0.305 e. The Morgan fingerprint density at radius 2 is 1.40 bits per heavy atom. The van der Waals surface area contributed by atoms with E-state index in [1.54, 1.807) is 0 Å². The van der Waals surface area contributed by atoms with Gasteiger partial charge in [-0.1, -0.05) is 78.0 Å². The van der Waals surface area contributed by atoms with Gasteiger partial charge < -0.3 is 14.3 Å². The summed E-state index contributed by atoms with van der Waals surface area (Å²) in [5, 5.41) is 4.27. The molecule has 0 saturated heterocycles. The Balaban J connectivity index is 1.55. The van der Waals surface area contributed by atoms with E-state index in [0.29, 0.717) is 25.3 Å². The van der Waals surface area contributed by atoms with Gasteiger partial charge in [0.1, 0.15) is 19.0 Å². The summed E-state index contributed by atoms with van der Waals surface area (Å²) in [5.74, 6) is 0.527. The fourth-order valence-corrected chi connectivity index (χ4v) is 2.80. The number of carbonyl (C=O) groups excluding carboxylic acids is 1. The fourth-order valence-electron chi connectivity index (χ4n) is 2.80. The normalized spacial score (nSPS) is 11.0. The molecule has 0 atom stereocenters. The molecule has 0 fully saturated rings. The summed E-state index contributed by atoms with van der Waals surface area (Å²) in [7, 11) is 1.38. The van der Waals surface area contributed by atoms with Crippen molar-refractivity contribution in [2.24, 2.45) is 5.16 Å². The molecular weight excluding hydrogens is 378 g/mol. The van der Waals surface area contributed by atoms with Gasteiger partial charge in [-0.2, -0.15) is 0 Å². The van der Waals surface area contributed by atoms with Crippen LogP contribution in [0.25, 0.3) is 0 Å². The maximum absolute atomic E-state index is 11.5. The highest BCUT2D eigenvalue weighted by atomic mass is 16.6. The molecule has 0 aliphatic rings. The summed E-state index contributed by atoms with van der Waals surface area (Å²) in [6.45, 7) is 0.856. The van der Waals surface area contributed by atoms with Crippen LogP contribution in [-0.4, -0.2) is 18.8 Å². The third kappa shape index (κ3) is 6.78. The van der Waals surface area contributed by atoms with Crippen LogP contribution in [0, 0.1) is 0 Å². The van der Waals surface area contributed by atoms with E-state index in [0.717, 1.165) is 22.4 Å². The molecule has 30 heavy (non-hydrogen) atoms. The number of ether oxygens (including phenoxy) is 2. The summed E-state index contributed by atoms with van der Waals surface area (Å²) >= 11 is 0. The van der Waals surface area contributed by atoms with Gasteiger partial charge in [-0.05, 0) is 28.8 Å². The average Bonchev–Trinajstić information content (AvgIpc) is 2.81. The second-order valence-electron chi connectivity index (χ2n) is 6.67. The molecule has 3 rings (SSSR count). The third-order valence-electron chi connectivity index (χ3n) is 4.48. The molecule has 0 unspecified atom stereocenters. The zero-order valence-corrected chi connectivity index (χ0v) is 17.0. The molecule has 5 heteroatoms. The van der Waals surface area contributed by atoms with Gasteiger partial charge in [0.2, 0.25) is 0 Å². The van der Waals surface area contributed by atoms with E-state index in [-0.39, 0.29) is 12.4 Å². The monoisotopic (exact) mass is 403 g/mol. The van der Waals surface area contributed by atoms with E-state index < -0.39 is 0 Å². The number of rotatable bonds is 10. The van der Waals surface area contributed by atoms with Crippen molar-refractivity contribution in [3.8, 4) is 5.75 Å². The van der Waals surface area contributed by atoms with E-state index in [4.69, 9.17) is 14.3 Å². The van der Waals surface area contributed by atoms with Crippen molar-refractivity contribution in [3.63, 3.8) is 0 Å². The molecule has 0 heterocycles. The van der Waals surface area contributed by atoms with Gasteiger partial charge in [-0.3, -0.25) is 4.79 Å². The van der Waals surface area contributed by atoms with Crippen LogP contribution in [0.15, 0.2) is 90.1 Å². The van der Waals surface area contributed by atoms with Crippen LogP contribution in [-0.2, 0) is 27.6 Å². The first kappa shape index (κ1) is 21.1. The summed E-state index contributed by atoms with van der Waals surface area (Å²) in [6.07, 6.45) is 0.698. The average molecular weight is 403 g/mol. The molecule has 0 aromatic heterocycles. The SMILES string of the molecule is COC(=O)CC/C(=N/OCc1ccc(OCc2ccccc2)cc1)c1ccccc1. The lowest BCUT2D eigenvalue weighted by molar-refractivity contribution is -0.140. The van der Waals surface area contributed by atoms with Crippen molar-refractivity contribution >= 4 is 11.7 Å². The van der Waals surface area contributed by atoms with E-state index in [2.05, 4.69) is 5.16 Å². The Morgan fingerprint density at radius 3 is 2.07 bits per heavy atom. The van der Waals surface area contributed by atoms with Gasteiger partial charge in [0.15, 0.2) is 0 Å². The highest BCUT2D eigenvalue weighted by molar-refractivity contribution is 6.01. The van der Waals surface area contributed by atoms with Gasteiger partial charge in [0, 0.05) is 6.42 Å². The van der Waals surface area contributed by atoms with Crippen molar-refractivity contribution in [1.82, 2.24) is 0 Å². The summed E-state index contributed by atoms with van der Waals surface area (Å²) < 4.78 is 10.5. The van der Waals surface area contributed by atoms with E-state index in [9.17, 15) is 4.79 Å². The number of hydrogen-bond donors (Lipinski definition) is 0. The van der Waals surface area contributed by atoms with Crippen molar-refractivity contribution in [2.45, 2.75) is 26.1 Å². The standard InChI is InChI=1S/C25H25NO4/c1-28-25(27)17-16-24(22-10-6-3-7-11-22)26-30-19-21-12-14-23(15-13-21)29-18-20-8-4-2-5-9-20/h2-15H,16-19H2,1H3/b26-24-. The highest BCUT2D eigenvalue weighted by Crippen LogP contribution is 2.15. The summed E-state index contributed by atoms with van der Waals surface area (Å²) in [5.41, 5.74) is 3.74. The lowest BCUT2D eigenvalue weighted by Gasteiger charge is -2.08. The molecule has 0 spiro atoms. The topological polar surface area (TPSA) is 57.1 Å². The molecule has 0 bridgehead atoms. The Hall–Kier alpha value is -3.60. The van der Waals surface area contributed by atoms with E-state index in [1.807, 2.05) is 84.9 Å². The van der Waals surface area contributed by atoms with Crippen molar-refractivity contribution < 1.29 is 19.1 Å².